The number of thiazole rings is 1. The molecular formula is C4H6ClN3S. The molecule has 0 saturated heterocycles. The minimum absolute atomic E-state index is 0.556. The molecule has 0 fully saturated rings. The van der Waals surface area contributed by atoms with Crippen molar-refractivity contribution in [2.45, 2.75) is 6.54 Å². The van der Waals surface area contributed by atoms with Gasteiger partial charge in [0.15, 0.2) is 4.47 Å². The molecule has 0 aliphatic carbocycles. The molecular weight excluding hydrogens is 158 g/mol. The van der Waals surface area contributed by atoms with Crippen LogP contribution in [-0.4, -0.2) is 4.98 Å². The normalized spacial score (nSPS) is 10.0. The maximum absolute atomic E-state index is 5.53. The summed E-state index contributed by atoms with van der Waals surface area (Å²) in [6, 6.07) is 0. The molecule has 9 heavy (non-hydrogen) atoms. The third kappa shape index (κ3) is 1.91. The van der Waals surface area contributed by atoms with Crippen LogP contribution >= 0.6 is 22.9 Å². The van der Waals surface area contributed by atoms with Crippen LogP contribution in [0.4, 0.5) is 0 Å². The molecule has 0 aliphatic heterocycles. The number of hydrogen-bond donors (Lipinski definition) is 2. The summed E-state index contributed by atoms with van der Waals surface area (Å²) in [7, 11) is 0. The number of nitrogens with one attached hydrogen (secondary N) is 1. The molecule has 1 aromatic rings. The number of hydrogen-bond acceptors (Lipinski definition) is 4. The third-order valence-corrected chi connectivity index (χ3v) is 1.92. The first kappa shape index (κ1) is 6.95. The Hall–Kier alpha value is -0.160. The van der Waals surface area contributed by atoms with Crippen LogP contribution in [-0.2, 0) is 6.54 Å². The summed E-state index contributed by atoms with van der Waals surface area (Å²) in [6.45, 7) is 0.629. The van der Waals surface area contributed by atoms with Crippen LogP contribution in [0.1, 0.15) is 4.88 Å². The Balaban J connectivity index is 2.61. The fourth-order valence-electron chi connectivity index (χ4n) is 0.466. The summed E-state index contributed by atoms with van der Waals surface area (Å²) in [4.78, 5) is 4.87. The van der Waals surface area contributed by atoms with Crippen molar-refractivity contribution in [2.75, 3.05) is 0 Å². The van der Waals surface area contributed by atoms with Gasteiger partial charge in [0.05, 0.1) is 0 Å². The molecule has 0 amide bonds. The molecule has 3 nitrogen and oxygen atoms in total. The summed E-state index contributed by atoms with van der Waals surface area (Å²) < 4.78 is 0.556. The van der Waals surface area contributed by atoms with Crippen molar-refractivity contribution in [1.82, 2.24) is 10.4 Å². The Kier molecular flexibility index (Phi) is 2.41. The number of halogens is 1. The molecule has 0 atom stereocenters. The number of aromatic nitrogens is 1. The second kappa shape index (κ2) is 3.12. The quantitative estimate of drug-likeness (QED) is 0.500. The van der Waals surface area contributed by atoms with E-state index in [1.807, 2.05) is 0 Å². The first-order valence-corrected chi connectivity index (χ1v) is 3.56. The van der Waals surface area contributed by atoms with E-state index in [9.17, 15) is 0 Å². The molecule has 0 unspecified atom stereocenters. The van der Waals surface area contributed by atoms with Crippen LogP contribution < -0.4 is 11.3 Å². The molecule has 0 spiro atoms. The van der Waals surface area contributed by atoms with Gasteiger partial charge in [-0.15, -0.1) is 11.3 Å². The van der Waals surface area contributed by atoms with Gasteiger partial charge >= 0.3 is 0 Å². The Morgan fingerprint density at radius 1 is 1.89 bits per heavy atom. The summed E-state index contributed by atoms with van der Waals surface area (Å²) in [6.07, 6.45) is 1.70. The highest BCUT2D eigenvalue weighted by Crippen LogP contribution is 2.16. The van der Waals surface area contributed by atoms with Crippen LogP contribution in [0.3, 0.4) is 0 Å². The molecule has 0 aromatic carbocycles. The molecule has 0 saturated carbocycles. The summed E-state index contributed by atoms with van der Waals surface area (Å²) in [5.74, 6) is 5.06. The zero-order valence-electron chi connectivity index (χ0n) is 4.60. The molecule has 0 radical (unpaired) electrons. The predicted molar refractivity (Wildman–Crippen MR) is 38.2 cm³/mol. The van der Waals surface area contributed by atoms with Crippen molar-refractivity contribution < 1.29 is 0 Å². The van der Waals surface area contributed by atoms with Gasteiger partial charge in [0.2, 0.25) is 0 Å². The fourth-order valence-corrected chi connectivity index (χ4v) is 1.39. The van der Waals surface area contributed by atoms with E-state index in [1.165, 1.54) is 11.3 Å². The van der Waals surface area contributed by atoms with E-state index < -0.39 is 0 Å². The smallest absolute Gasteiger partial charge is 0.183 e. The van der Waals surface area contributed by atoms with Gasteiger partial charge in [-0.3, -0.25) is 11.3 Å². The van der Waals surface area contributed by atoms with Gasteiger partial charge in [-0.25, -0.2) is 4.98 Å². The minimum Gasteiger partial charge on any atom is -0.271 e. The monoisotopic (exact) mass is 163 g/mol. The van der Waals surface area contributed by atoms with Crippen LogP contribution in [0.25, 0.3) is 0 Å². The molecule has 0 aliphatic rings. The van der Waals surface area contributed by atoms with Crippen LogP contribution in [0, 0.1) is 0 Å². The predicted octanol–water partition coefficient (Wildman–Crippen LogP) is 0.760. The van der Waals surface area contributed by atoms with Crippen LogP contribution in [0.2, 0.25) is 4.47 Å². The van der Waals surface area contributed by atoms with E-state index in [2.05, 4.69) is 10.4 Å². The first-order chi connectivity index (χ1) is 4.33. The highest BCUT2D eigenvalue weighted by molar-refractivity contribution is 7.15. The zero-order chi connectivity index (χ0) is 6.69. The van der Waals surface area contributed by atoms with Gasteiger partial charge in [0.25, 0.3) is 0 Å². The van der Waals surface area contributed by atoms with Gasteiger partial charge in [0.1, 0.15) is 0 Å². The Bertz CT molecular complexity index is 188. The van der Waals surface area contributed by atoms with Gasteiger partial charge in [-0.05, 0) is 0 Å². The Labute approximate surface area is 61.8 Å². The van der Waals surface area contributed by atoms with E-state index in [1.54, 1.807) is 6.20 Å². The molecule has 0 bridgehead atoms. The van der Waals surface area contributed by atoms with Gasteiger partial charge in [0, 0.05) is 17.6 Å². The molecule has 1 rings (SSSR count). The second-order valence-corrected chi connectivity index (χ2v) is 3.16. The van der Waals surface area contributed by atoms with Crippen molar-refractivity contribution in [3.8, 4) is 0 Å². The lowest BCUT2D eigenvalue weighted by Crippen LogP contribution is -2.19. The first-order valence-electron chi connectivity index (χ1n) is 2.36. The third-order valence-electron chi connectivity index (χ3n) is 0.802. The standard InChI is InChI=1S/C4H6ClN3S/c5-4-7-1-3(9-4)2-8-6/h1,8H,2,6H2. The number of rotatable bonds is 2. The number of hydrazine groups is 1. The topological polar surface area (TPSA) is 50.9 Å². The average Bonchev–Trinajstić information content (AvgIpc) is 2.17. The van der Waals surface area contributed by atoms with Gasteiger partial charge in [-0.1, -0.05) is 11.6 Å². The Morgan fingerprint density at radius 2 is 2.67 bits per heavy atom. The molecule has 1 aromatic heterocycles. The lowest BCUT2D eigenvalue weighted by molar-refractivity contribution is 0.750. The van der Waals surface area contributed by atoms with Crippen molar-refractivity contribution in [3.63, 3.8) is 0 Å². The summed E-state index contributed by atoms with van der Waals surface area (Å²) >= 11 is 6.96. The van der Waals surface area contributed by atoms with E-state index in [0.29, 0.717) is 11.0 Å². The Morgan fingerprint density at radius 3 is 3.11 bits per heavy atom. The highest BCUT2D eigenvalue weighted by atomic mass is 35.5. The largest absolute Gasteiger partial charge is 0.271 e. The zero-order valence-corrected chi connectivity index (χ0v) is 6.17. The van der Waals surface area contributed by atoms with Crippen LogP contribution in [0.5, 0.6) is 0 Å². The molecule has 5 heteroatoms. The lowest BCUT2D eigenvalue weighted by atomic mass is 10.6. The SMILES string of the molecule is NNCc1cnc(Cl)s1. The minimum atomic E-state index is 0.556. The van der Waals surface area contributed by atoms with E-state index in [0.717, 1.165) is 4.88 Å². The van der Waals surface area contributed by atoms with Crippen molar-refractivity contribution in [1.29, 1.82) is 0 Å². The molecule has 1 heterocycles. The summed E-state index contributed by atoms with van der Waals surface area (Å²) in [5, 5.41) is 0. The van der Waals surface area contributed by atoms with E-state index in [4.69, 9.17) is 17.4 Å². The van der Waals surface area contributed by atoms with E-state index in [-0.39, 0.29) is 0 Å². The summed E-state index contributed by atoms with van der Waals surface area (Å²) in [5.41, 5.74) is 2.51. The van der Waals surface area contributed by atoms with E-state index >= 15 is 0 Å². The number of nitrogens with two attached hydrogens (primary N) is 1. The lowest BCUT2D eigenvalue weighted by Gasteiger charge is -1.88. The molecule has 3 N–H and O–H groups in total. The van der Waals surface area contributed by atoms with Crippen molar-refractivity contribution >= 4 is 22.9 Å². The highest BCUT2D eigenvalue weighted by Gasteiger charge is 1.95. The maximum Gasteiger partial charge on any atom is 0.183 e. The van der Waals surface area contributed by atoms with Gasteiger partial charge < -0.3 is 0 Å². The number of nitrogens with zero attached hydrogens (tertiary/aromatic N) is 1. The van der Waals surface area contributed by atoms with Gasteiger partial charge in [-0.2, -0.15) is 0 Å². The average molecular weight is 164 g/mol. The van der Waals surface area contributed by atoms with Crippen molar-refractivity contribution in [3.05, 3.63) is 15.5 Å². The van der Waals surface area contributed by atoms with Crippen molar-refractivity contribution in [2.24, 2.45) is 5.84 Å². The van der Waals surface area contributed by atoms with Crippen LogP contribution in [0.15, 0.2) is 6.20 Å². The second-order valence-electron chi connectivity index (χ2n) is 1.46. The fraction of sp³-hybridized carbons (Fsp3) is 0.250. The maximum atomic E-state index is 5.53. The molecule has 50 valence electrons.